The van der Waals surface area contributed by atoms with Crippen molar-refractivity contribution >= 4 is 10.0 Å². The Kier molecular flexibility index (Phi) is 4.60. The highest BCUT2D eigenvalue weighted by Crippen LogP contribution is 2.30. The van der Waals surface area contributed by atoms with E-state index in [2.05, 4.69) is 0 Å². The molecule has 0 spiro atoms. The van der Waals surface area contributed by atoms with Gasteiger partial charge in [0.15, 0.2) is 0 Å². The summed E-state index contributed by atoms with van der Waals surface area (Å²) in [4.78, 5) is 0. The summed E-state index contributed by atoms with van der Waals surface area (Å²) < 4.78 is 63.9. The molecule has 0 radical (unpaired) electrons. The van der Waals surface area contributed by atoms with Gasteiger partial charge in [-0.3, -0.25) is 0 Å². The second-order valence-corrected chi connectivity index (χ2v) is 7.02. The second kappa shape index (κ2) is 5.94. The Morgan fingerprint density at radius 1 is 1.33 bits per heavy atom. The first-order chi connectivity index (χ1) is 9.74. The van der Waals surface area contributed by atoms with Crippen LogP contribution in [0.1, 0.15) is 24.0 Å². The molecule has 1 atom stereocenters. The summed E-state index contributed by atoms with van der Waals surface area (Å²) >= 11 is 0. The van der Waals surface area contributed by atoms with Crippen LogP contribution < -0.4 is 5.73 Å². The van der Waals surface area contributed by atoms with Gasteiger partial charge in [0.25, 0.3) is 0 Å². The number of hydrogen-bond donors (Lipinski definition) is 1. The number of sulfonamides is 1. The number of rotatable bonds is 4. The maximum atomic E-state index is 12.6. The minimum absolute atomic E-state index is 0.132. The molecule has 1 saturated heterocycles. The van der Waals surface area contributed by atoms with Crippen molar-refractivity contribution in [2.45, 2.75) is 30.8 Å². The molecule has 1 heterocycles. The lowest BCUT2D eigenvalue weighted by Gasteiger charge is -2.23. The first kappa shape index (κ1) is 16.3. The minimum atomic E-state index is -4.48. The SMILES string of the molecule is NCC1CCCN1S(=O)(=O)Cc1cccc(C(F)(F)F)c1. The zero-order valence-electron chi connectivity index (χ0n) is 11.3. The van der Waals surface area contributed by atoms with Gasteiger partial charge in [-0.05, 0) is 24.5 Å². The third-order valence-corrected chi connectivity index (χ3v) is 5.45. The van der Waals surface area contributed by atoms with Crippen molar-refractivity contribution in [2.75, 3.05) is 13.1 Å². The number of nitrogens with two attached hydrogens (primary N) is 1. The van der Waals surface area contributed by atoms with Gasteiger partial charge in [-0.2, -0.15) is 17.5 Å². The van der Waals surface area contributed by atoms with E-state index in [0.29, 0.717) is 13.0 Å². The Bertz CT molecular complexity index is 602. The summed E-state index contributed by atoms with van der Waals surface area (Å²) in [5.74, 6) is -0.437. The molecule has 4 nitrogen and oxygen atoms in total. The summed E-state index contributed by atoms with van der Waals surface area (Å²) in [5, 5.41) is 0. The summed E-state index contributed by atoms with van der Waals surface area (Å²) in [5.41, 5.74) is 4.83. The van der Waals surface area contributed by atoms with E-state index < -0.39 is 27.5 Å². The van der Waals surface area contributed by atoms with E-state index in [9.17, 15) is 21.6 Å². The van der Waals surface area contributed by atoms with Crippen molar-refractivity contribution in [1.82, 2.24) is 4.31 Å². The molecule has 0 aromatic heterocycles. The lowest BCUT2D eigenvalue weighted by Crippen LogP contribution is -2.40. The molecule has 2 rings (SSSR count). The van der Waals surface area contributed by atoms with Crippen molar-refractivity contribution < 1.29 is 21.6 Å². The van der Waals surface area contributed by atoms with Gasteiger partial charge in [-0.25, -0.2) is 8.42 Å². The highest BCUT2D eigenvalue weighted by atomic mass is 32.2. The number of alkyl halides is 3. The van der Waals surface area contributed by atoms with Crippen molar-refractivity contribution in [2.24, 2.45) is 5.73 Å². The Labute approximate surface area is 121 Å². The summed E-state index contributed by atoms with van der Waals surface area (Å²) in [6.07, 6.45) is -3.06. The van der Waals surface area contributed by atoms with Gasteiger partial charge in [0, 0.05) is 19.1 Å². The fourth-order valence-electron chi connectivity index (χ4n) is 2.54. The van der Waals surface area contributed by atoms with Gasteiger partial charge >= 0.3 is 6.18 Å². The highest BCUT2D eigenvalue weighted by Gasteiger charge is 2.34. The van der Waals surface area contributed by atoms with Crippen LogP contribution in [0.25, 0.3) is 0 Å². The van der Waals surface area contributed by atoms with Crippen LogP contribution in [0.3, 0.4) is 0 Å². The molecular formula is C13H17F3N2O2S. The summed E-state index contributed by atoms with van der Waals surface area (Å²) in [6.45, 7) is 0.602. The average molecular weight is 322 g/mol. The van der Waals surface area contributed by atoms with Crippen LogP contribution in [-0.4, -0.2) is 31.9 Å². The molecule has 0 amide bonds. The van der Waals surface area contributed by atoms with Crippen molar-refractivity contribution in [3.8, 4) is 0 Å². The molecule has 0 aliphatic carbocycles. The third-order valence-electron chi connectivity index (χ3n) is 3.56. The molecule has 1 aliphatic heterocycles. The zero-order valence-corrected chi connectivity index (χ0v) is 12.1. The molecule has 1 aliphatic rings. The molecule has 21 heavy (non-hydrogen) atoms. The van der Waals surface area contributed by atoms with Crippen LogP contribution in [0.4, 0.5) is 13.2 Å². The van der Waals surface area contributed by atoms with Gasteiger partial charge in [-0.1, -0.05) is 18.2 Å². The Morgan fingerprint density at radius 2 is 2.05 bits per heavy atom. The predicted molar refractivity (Wildman–Crippen MR) is 72.9 cm³/mol. The molecule has 118 valence electrons. The number of benzene rings is 1. The Hall–Kier alpha value is -1.12. The van der Waals surface area contributed by atoms with E-state index in [1.54, 1.807) is 0 Å². The summed E-state index contributed by atoms with van der Waals surface area (Å²) in [7, 11) is -3.65. The van der Waals surface area contributed by atoms with Gasteiger partial charge in [0.1, 0.15) is 0 Å². The van der Waals surface area contributed by atoms with Crippen LogP contribution in [0.5, 0.6) is 0 Å². The zero-order chi connectivity index (χ0) is 15.7. The largest absolute Gasteiger partial charge is 0.416 e. The van der Waals surface area contributed by atoms with Crippen molar-refractivity contribution in [3.05, 3.63) is 35.4 Å². The maximum Gasteiger partial charge on any atom is 0.416 e. The molecule has 2 N–H and O–H groups in total. The van der Waals surface area contributed by atoms with E-state index in [0.717, 1.165) is 18.6 Å². The predicted octanol–water partition coefficient (Wildman–Crippen LogP) is 1.96. The lowest BCUT2D eigenvalue weighted by atomic mass is 10.1. The van der Waals surface area contributed by atoms with Gasteiger partial charge < -0.3 is 5.73 Å². The molecule has 1 aromatic rings. The average Bonchev–Trinajstić information content (AvgIpc) is 2.86. The first-order valence-electron chi connectivity index (χ1n) is 6.60. The van der Waals surface area contributed by atoms with Crippen molar-refractivity contribution in [3.63, 3.8) is 0 Å². The van der Waals surface area contributed by atoms with Crippen LogP contribution in [-0.2, 0) is 22.0 Å². The van der Waals surface area contributed by atoms with E-state index in [1.165, 1.54) is 16.4 Å². The quantitative estimate of drug-likeness (QED) is 0.922. The molecule has 1 aromatic carbocycles. The molecule has 8 heteroatoms. The number of nitrogens with zero attached hydrogens (tertiary/aromatic N) is 1. The van der Waals surface area contributed by atoms with E-state index >= 15 is 0 Å². The standard InChI is InChI=1S/C13H17F3N2O2S/c14-13(15,16)11-4-1-3-10(7-11)9-21(19,20)18-6-2-5-12(18)8-17/h1,3-4,7,12H,2,5-6,8-9,17H2. The molecule has 0 saturated carbocycles. The van der Waals surface area contributed by atoms with Crippen LogP contribution in [0.2, 0.25) is 0 Å². The number of halogens is 3. The lowest BCUT2D eigenvalue weighted by molar-refractivity contribution is -0.137. The Balaban J connectivity index is 2.21. The molecular weight excluding hydrogens is 305 g/mol. The normalized spacial score (nSPS) is 20.9. The molecule has 1 fully saturated rings. The third kappa shape index (κ3) is 3.75. The van der Waals surface area contributed by atoms with Crippen LogP contribution in [0.15, 0.2) is 24.3 Å². The Morgan fingerprint density at radius 3 is 2.67 bits per heavy atom. The van der Waals surface area contributed by atoms with E-state index in [-0.39, 0.29) is 18.2 Å². The van der Waals surface area contributed by atoms with Gasteiger partial charge in [0.05, 0.1) is 11.3 Å². The fourth-order valence-corrected chi connectivity index (χ4v) is 4.36. The fraction of sp³-hybridized carbons (Fsp3) is 0.538. The highest BCUT2D eigenvalue weighted by molar-refractivity contribution is 7.88. The van der Waals surface area contributed by atoms with Crippen LogP contribution in [0, 0.1) is 0 Å². The van der Waals surface area contributed by atoms with Gasteiger partial charge in [0.2, 0.25) is 10.0 Å². The van der Waals surface area contributed by atoms with E-state index in [1.807, 2.05) is 0 Å². The maximum absolute atomic E-state index is 12.6. The number of hydrogen-bond acceptors (Lipinski definition) is 3. The van der Waals surface area contributed by atoms with Gasteiger partial charge in [-0.15, -0.1) is 0 Å². The van der Waals surface area contributed by atoms with Crippen molar-refractivity contribution in [1.29, 1.82) is 0 Å². The molecule has 0 bridgehead atoms. The smallest absolute Gasteiger partial charge is 0.329 e. The molecule has 1 unspecified atom stereocenters. The van der Waals surface area contributed by atoms with Crippen LogP contribution >= 0.6 is 0 Å². The second-order valence-electron chi connectivity index (χ2n) is 5.10. The minimum Gasteiger partial charge on any atom is -0.329 e. The first-order valence-corrected chi connectivity index (χ1v) is 8.20. The summed E-state index contributed by atoms with van der Waals surface area (Å²) in [6, 6.07) is 4.17. The monoisotopic (exact) mass is 322 g/mol. The van der Waals surface area contributed by atoms with E-state index in [4.69, 9.17) is 5.73 Å². The topological polar surface area (TPSA) is 63.4 Å².